The average molecular weight is 148 g/mol. The number of halogens is 1. The van der Waals surface area contributed by atoms with Gasteiger partial charge in [-0.25, -0.2) is 0 Å². The molecule has 1 atom stereocenters. The Morgan fingerprint density at radius 3 is 2.00 bits per heavy atom. The lowest BCUT2D eigenvalue weighted by Crippen LogP contribution is -2.11. The molecule has 0 saturated carbocycles. The number of rotatable bonds is 1. The Morgan fingerprint density at radius 1 is 1.44 bits per heavy atom. The molecule has 0 fully saturated rings. The van der Waals surface area contributed by atoms with Crippen molar-refractivity contribution in [2.24, 2.45) is 4.99 Å². The highest BCUT2D eigenvalue weighted by Gasteiger charge is 2.04. The Bertz CT molecular complexity index is 100.0. The first kappa shape index (κ1) is 8.96. The monoisotopic (exact) mass is 147 g/mol. The molecule has 0 bridgehead atoms. The van der Waals surface area contributed by atoms with Crippen LogP contribution in [-0.4, -0.2) is 17.1 Å². The first-order chi connectivity index (χ1) is 3.92. The van der Waals surface area contributed by atoms with E-state index in [1.807, 2.05) is 27.7 Å². The van der Waals surface area contributed by atoms with Gasteiger partial charge in [0.15, 0.2) is 0 Å². The van der Waals surface area contributed by atoms with Crippen LogP contribution in [0, 0.1) is 0 Å². The van der Waals surface area contributed by atoms with Gasteiger partial charge in [0.05, 0.1) is 10.9 Å². The van der Waals surface area contributed by atoms with Gasteiger partial charge in [-0.15, -0.1) is 11.6 Å². The first-order valence-electron chi connectivity index (χ1n) is 3.11. The molecule has 0 heterocycles. The minimum Gasteiger partial charge on any atom is -0.290 e. The summed E-state index contributed by atoms with van der Waals surface area (Å²) in [7, 11) is 0. The van der Waals surface area contributed by atoms with Crippen molar-refractivity contribution in [1.29, 1.82) is 0 Å². The molecule has 0 rings (SSSR count). The molecule has 0 aliphatic rings. The maximum atomic E-state index is 5.63. The lowest BCUT2D eigenvalue weighted by Gasteiger charge is -2.10. The van der Waals surface area contributed by atoms with Crippen LogP contribution in [0.2, 0.25) is 0 Å². The molecular formula is C7H14ClN. The average Bonchev–Trinajstić information content (AvgIpc) is 1.59. The van der Waals surface area contributed by atoms with Crippen molar-refractivity contribution in [3.63, 3.8) is 0 Å². The number of alkyl halides is 1. The van der Waals surface area contributed by atoms with E-state index in [1.165, 1.54) is 0 Å². The normalized spacial score (nSPS) is 16.6. The van der Waals surface area contributed by atoms with Gasteiger partial charge in [-0.2, -0.15) is 0 Å². The maximum absolute atomic E-state index is 5.63. The van der Waals surface area contributed by atoms with Crippen molar-refractivity contribution in [3.05, 3.63) is 0 Å². The summed E-state index contributed by atoms with van der Waals surface area (Å²) in [6.07, 6.45) is 1.77. The molecule has 0 amide bonds. The Balaban J connectivity index is 3.71. The van der Waals surface area contributed by atoms with Gasteiger partial charge in [0.1, 0.15) is 0 Å². The van der Waals surface area contributed by atoms with E-state index in [9.17, 15) is 0 Å². The standard InChI is InChI=1S/C7H14ClN/c1-6(8)5-9-7(2,3)4/h5-6H,1-4H3. The van der Waals surface area contributed by atoms with Crippen LogP contribution in [-0.2, 0) is 0 Å². The Labute approximate surface area is 62.1 Å². The molecule has 0 radical (unpaired) electrons. The van der Waals surface area contributed by atoms with Gasteiger partial charge in [-0.05, 0) is 27.7 Å². The zero-order valence-corrected chi connectivity index (χ0v) is 7.24. The molecule has 1 unspecified atom stereocenters. The second-order valence-electron chi connectivity index (χ2n) is 3.13. The van der Waals surface area contributed by atoms with Crippen LogP contribution in [0.1, 0.15) is 27.7 Å². The molecule has 0 aliphatic heterocycles. The molecule has 0 aromatic rings. The van der Waals surface area contributed by atoms with Crippen molar-refractivity contribution in [2.45, 2.75) is 38.6 Å². The van der Waals surface area contributed by atoms with Crippen LogP contribution < -0.4 is 0 Å². The summed E-state index contributed by atoms with van der Waals surface area (Å²) in [6, 6.07) is 0. The fourth-order valence-corrected chi connectivity index (χ4v) is 0.383. The summed E-state index contributed by atoms with van der Waals surface area (Å²) < 4.78 is 0. The molecule has 0 aliphatic carbocycles. The summed E-state index contributed by atoms with van der Waals surface area (Å²) in [5.74, 6) is 0. The molecule has 0 aromatic carbocycles. The molecule has 0 N–H and O–H groups in total. The molecule has 9 heavy (non-hydrogen) atoms. The van der Waals surface area contributed by atoms with Crippen LogP contribution in [0.15, 0.2) is 4.99 Å². The summed E-state index contributed by atoms with van der Waals surface area (Å²) >= 11 is 5.63. The van der Waals surface area contributed by atoms with E-state index in [-0.39, 0.29) is 10.9 Å². The molecule has 1 nitrogen and oxygen atoms in total. The third kappa shape index (κ3) is 7.96. The highest BCUT2D eigenvalue weighted by atomic mass is 35.5. The number of nitrogens with zero attached hydrogens (tertiary/aromatic N) is 1. The highest BCUT2D eigenvalue weighted by Crippen LogP contribution is 2.05. The molecule has 54 valence electrons. The van der Waals surface area contributed by atoms with E-state index in [0.29, 0.717) is 0 Å². The zero-order chi connectivity index (χ0) is 7.49. The van der Waals surface area contributed by atoms with Gasteiger partial charge in [0, 0.05) is 6.21 Å². The van der Waals surface area contributed by atoms with E-state index in [1.54, 1.807) is 6.21 Å². The minimum absolute atomic E-state index is 0.0170. The SMILES string of the molecule is CC(Cl)C=NC(C)(C)C. The van der Waals surface area contributed by atoms with Crippen molar-refractivity contribution in [2.75, 3.05) is 0 Å². The van der Waals surface area contributed by atoms with E-state index in [4.69, 9.17) is 11.6 Å². The lowest BCUT2D eigenvalue weighted by atomic mass is 10.1. The predicted octanol–water partition coefficient (Wildman–Crippen LogP) is 2.48. The summed E-state index contributed by atoms with van der Waals surface area (Å²) in [5, 5.41) is 0.0456. The molecule has 0 aromatic heterocycles. The van der Waals surface area contributed by atoms with Crippen LogP contribution in [0.3, 0.4) is 0 Å². The largest absolute Gasteiger partial charge is 0.290 e. The van der Waals surface area contributed by atoms with Crippen LogP contribution in [0.5, 0.6) is 0 Å². The summed E-state index contributed by atoms with van der Waals surface area (Å²) in [4.78, 5) is 4.20. The summed E-state index contributed by atoms with van der Waals surface area (Å²) in [5.41, 5.74) is 0.0170. The number of aliphatic imine (C=N–C) groups is 1. The Hall–Kier alpha value is -0.0400. The molecule has 0 saturated heterocycles. The van der Waals surface area contributed by atoms with Gasteiger partial charge in [-0.3, -0.25) is 4.99 Å². The van der Waals surface area contributed by atoms with Gasteiger partial charge < -0.3 is 0 Å². The second kappa shape index (κ2) is 3.21. The molecule has 2 heteroatoms. The zero-order valence-electron chi connectivity index (χ0n) is 6.48. The summed E-state index contributed by atoms with van der Waals surface area (Å²) in [6.45, 7) is 8.03. The van der Waals surface area contributed by atoms with Crippen LogP contribution >= 0.6 is 11.6 Å². The quantitative estimate of drug-likeness (QED) is 0.399. The van der Waals surface area contributed by atoms with Gasteiger partial charge in [0.25, 0.3) is 0 Å². The maximum Gasteiger partial charge on any atom is 0.0655 e. The van der Waals surface area contributed by atoms with Gasteiger partial charge >= 0.3 is 0 Å². The fraction of sp³-hybridized carbons (Fsp3) is 0.857. The second-order valence-corrected chi connectivity index (χ2v) is 3.81. The van der Waals surface area contributed by atoms with E-state index in [0.717, 1.165) is 0 Å². The van der Waals surface area contributed by atoms with Gasteiger partial charge in [0.2, 0.25) is 0 Å². The Morgan fingerprint density at radius 2 is 1.89 bits per heavy atom. The lowest BCUT2D eigenvalue weighted by molar-refractivity contribution is 0.585. The van der Waals surface area contributed by atoms with Gasteiger partial charge in [-0.1, -0.05) is 0 Å². The van der Waals surface area contributed by atoms with Crippen molar-refractivity contribution in [3.8, 4) is 0 Å². The minimum atomic E-state index is 0.0170. The Kier molecular flexibility index (Phi) is 3.20. The highest BCUT2D eigenvalue weighted by molar-refractivity contribution is 6.27. The molecule has 0 spiro atoms. The van der Waals surface area contributed by atoms with Crippen LogP contribution in [0.25, 0.3) is 0 Å². The third-order valence-corrected chi connectivity index (χ3v) is 0.780. The van der Waals surface area contributed by atoms with E-state index >= 15 is 0 Å². The van der Waals surface area contributed by atoms with E-state index < -0.39 is 0 Å². The topological polar surface area (TPSA) is 12.4 Å². The van der Waals surface area contributed by atoms with Crippen molar-refractivity contribution >= 4 is 17.8 Å². The predicted molar refractivity (Wildman–Crippen MR) is 43.6 cm³/mol. The van der Waals surface area contributed by atoms with Crippen LogP contribution in [0.4, 0.5) is 0 Å². The van der Waals surface area contributed by atoms with Crippen molar-refractivity contribution < 1.29 is 0 Å². The fourth-order valence-electron chi connectivity index (χ4n) is 0.326. The third-order valence-electron chi connectivity index (χ3n) is 0.667. The van der Waals surface area contributed by atoms with E-state index in [2.05, 4.69) is 4.99 Å². The molecular weight excluding hydrogens is 134 g/mol. The number of hydrogen-bond donors (Lipinski definition) is 0. The number of hydrogen-bond acceptors (Lipinski definition) is 1. The smallest absolute Gasteiger partial charge is 0.0655 e. The first-order valence-corrected chi connectivity index (χ1v) is 3.55. The van der Waals surface area contributed by atoms with Crippen molar-refractivity contribution in [1.82, 2.24) is 0 Å².